The molecule has 1 aromatic carbocycles. The summed E-state index contributed by atoms with van der Waals surface area (Å²) in [6.45, 7) is 2.06. The van der Waals surface area contributed by atoms with Crippen molar-refractivity contribution in [1.29, 1.82) is 5.26 Å². The van der Waals surface area contributed by atoms with Crippen LogP contribution in [-0.4, -0.2) is 9.97 Å². The molecule has 0 atom stereocenters. The molecule has 2 heterocycles. The van der Waals surface area contributed by atoms with Gasteiger partial charge in [0.05, 0.1) is 17.1 Å². The maximum atomic E-state index is 9.16. The summed E-state index contributed by atoms with van der Waals surface area (Å²) in [5, 5.41) is 10.1. The zero-order valence-electron chi connectivity index (χ0n) is 11.2. The molecule has 3 nitrogen and oxygen atoms in total. The van der Waals surface area contributed by atoms with Crippen LogP contribution in [0.3, 0.4) is 0 Å². The molecule has 0 N–H and O–H groups in total. The molecule has 0 saturated heterocycles. The summed E-state index contributed by atoms with van der Waals surface area (Å²) in [5.41, 5.74) is 4.89. The topological polar surface area (TPSA) is 49.6 Å². The monoisotopic (exact) mass is 259 g/mol. The van der Waals surface area contributed by atoms with Gasteiger partial charge in [0, 0.05) is 29.9 Å². The van der Waals surface area contributed by atoms with Gasteiger partial charge < -0.3 is 0 Å². The number of fused-ring (bicyclic) bond motifs is 1. The highest BCUT2D eigenvalue weighted by atomic mass is 14.7. The van der Waals surface area contributed by atoms with Gasteiger partial charge in [0.2, 0.25) is 0 Å². The van der Waals surface area contributed by atoms with E-state index in [4.69, 9.17) is 5.26 Å². The van der Waals surface area contributed by atoms with Crippen LogP contribution in [0.15, 0.2) is 48.8 Å². The molecule has 0 unspecified atom stereocenters. The summed E-state index contributed by atoms with van der Waals surface area (Å²) in [4.78, 5) is 8.66. The van der Waals surface area contributed by atoms with Gasteiger partial charge in [-0.2, -0.15) is 5.26 Å². The summed E-state index contributed by atoms with van der Waals surface area (Å²) < 4.78 is 0. The van der Waals surface area contributed by atoms with Gasteiger partial charge in [-0.3, -0.25) is 9.97 Å². The van der Waals surface area contributed by atoms with Crippen molar-refractivity contribution in [2.45, 2.75) is 13.3 Å². The third kappa shape index (κ3) is 2.36. The molecule has 0 spiro atoms. The first-order chi connectivity index (χ1) is 9.76. The van der Waals surface area contributed by atoms with Gasteiger partial charge in [-0.1, -0.05) is 6.07 Å². The maximum absolute atomic E-state index is 9.16. The van der Waals surface area contributed by atoms with E-state index in [0.717, 1.165) is 28.6 Å². The third-order valence-electron chi connectivity index (χ3n) is 3.28. The van der Waals surface area contributed by atoms with Crippen molar-refractivity contribution in [3.05, 3.63) is 71.2 Å². The highest BCUT2D eigenvalue weighted by molar-refractivity contribution is 5.85. The lowest BCUT2D eigenvalue weighted by Gasteiger charge is -2.05. The van der Waals surface area contributed by atoms with Crippen molar-refractivity contribution < 1.29 is 0 Å². The molecule has 3 rings (SSSR count). The lowest BCUT2D eigenvalue weighted by atomic mass is 10.0. The zero-order valence-corrected chi connectivity index (χ0v) is 11.2. The van der Waals surface area contributed by atoms with E-state index in [0.29, 0.717) is 5.56 Å². The fraction of sp³-hybridized carbons (Fsp3) is 0.118. The van der Waals surface area contributed by atoms with Crippen molar-refractivity contribution >= 4 is 10.9 Å². The van der Waals surface area contributed by atoms with E-state index in [-0.39, 0.29) is 0 Å². The Balaban J connectivity index is 2.03. The second kappa shape index (κ2) is 5.10. The fourth-order valence-electron chi connectivity index (χ4n) is 2.31. The molecule has 2 aromatic heterocycles. The average Bonchev–Trinajstić information content (AvgIpc) is 2.46. The highest BCUT2D eigenvalue weighted by Crippen LogP contribution is 2.19. The second-order valence-corrected chi connectivity index (χ2v) is 4.82. The first-order valence-corrected chi connectivity index (χ1v) is 6.45. The normalized spacial score (nSPS) is 10.4. The van der Waals surface area contributed by atoms with Crippen LogP contribution in [0.1, 0.15) is 22.4 Å². The summed E-state index contributed by atoms with van der Waals surface area (Å²) >= 11 is 0. The molecule has 0 bridgehead atoms. The summed E-state index contributed by atoms with van der Waals surface area (Å²) in [6.07, 6.45) is 4.26. The largest absolute Gasteiger partial charge is 0.261 e. The molecule has 0 aliphatic carbocycles. The van der Waals surface area contributed by atoms with E-state index in [2.05, 4.69) is 29.0 Å². The molecule has 0 amide bonds. The lowest BCUT2D eigenvalue weighted by Crippen LogP contribution is -1.93. The molecule has 0 fully saturated rings. The third-order valence-corrected chi connectivity index (χ3v) is 3.28. The van der Waals surface area contributed by atoms with Crippen LogP contribution in [0.2, 0.25) is 0 Å². The predicted molar refractivity (Wildman–Crippen MR) is 78.2 cm³/mol. The number of pyridine rings is 2. The van der Waals surface area contributed by atoms with E-state index < -0.39 is 0 Å². The van der Waals surface area contributed by atoms with Gasteiger partial charge in [0.25, 0.3) is 0 Å². The molecule has 3 aromatic rings. The first kappa shape index (κ1) is 12.3. The minimum absolute atomic E-state index is 0.661. The molecule has 0 radical (unpaired) electrons. The van der Waals surface area contributed by atoms with Crippen molar-refractivity contribution in [2.75, 3.05) is 0 Å². The molecular formula is C17H13N3. The molecule has 0 aliphatic heterocycles. The van der Waals surface area contributed by atoms with E-state index in [9.17, 15) is 0 Å². The number of hydrogen-bond acceptors (Lipinski definition) is 3. The summed E-state index contributed by atoms with van der Waals surface area (Å²) in [7, 11) is 0. The van der Waals surface area contributed by atoms with E-state index in [1.165, 1.54) is 5.56 Å². The fourth-order valence-corrected chi connectivity index (χ4v) is 2.31. The van der Waals surface area contributed by atoms with E-state index in [1.54, 1.807) is 12.3 Å². The van der Waals surface area contributed by atoms with Gasteiger partial charge >= 0.3 is 0 Å². The Morgan fingerprint density at radius 1 is 1.05 bits per heavy atom. The minimum Gasteiger partial charge on any atom is -0.261 e. The Morgan fingerprint density at radius 3 is 2.70 bits per heavy atom. The number of aryl methyl sites for hydroxylation is 1. The van der Waals surface area contributed by atoms with Gasteiger partial charge in [-0.05, 0) is 48.4 Å². The van der Waals surface area contributed by atoms with Crippen LogP contribution in [0, 0.1) is 18.3 Å². The van der Waals surface area contributed by atoms with Crippen LogP contribution >= 0.6 is 0 Å². The zero-order chi connectivity index (χ0) is 13.9. The van der Waals surface area contributed by atoms with Crippen LogP contribution in [0.4, 0.5) is 0 Å². The van der Waals surface area contributed by atoms with Gasteiger partial charge in [-0.25, -0.2) is 0 Å². The smallest absolute Gasteiger partial charge is 0.0999 e. The average molecular weight is 259 g/mol. The number of hydrogen-bond donors (Lipinski definition) is 0. The Hall–Kier alpha value is -2.73. The quantitative estimate of drug-likeness (QED) is 0.708. The summed E-state index contributed by atoms with van der Waals surface area (Å²) in [5.74, 6) is 0. The van der Waals surface area contributed by atoms with Crippen molar-refractivity contribution in [2.24, 2.45) is 0 Å². The number of nitriles is 1. The Kier molecular flexibility index (Phi) is 3.14. The number of nitrogens with zero attached hydrogens (tertiary/aromatic N) is 3. The van der Waals surface area contributed by atoms with E-state index in [1.807, 2.05) is 30.5 Å². The molecule has 0 saturated carbocycles. The van der Waals surface area contributed by atoms with Crippen molar-refractivity contribution in [3.63, 3.8) is 0 Å². The van der Waals surface area contributed by atoms with Gasteiger partial charge in [-0.15, -0.1) is 0 Å². The minimum atomic E-state index is 0.661. The number of aromatic nitrogens is 2. The SMILES string of the molecule is Cc1ccnc(Cc2ccc3nccc(C#N)c3c2)c1. The van der Waals surface area contributed by atoms with Crippen LogP contribution in [-0.2, 0) is 6.42 Å². The van der Waals surface area contributed by atoms with Crippen molar-refractivity contribution in [3.8, 4) is 6.07 Å². The summed E-state index contributed by atoms with van der Waals surface area (Å²) in [6, 6.07) is 14.1. The lowest BCUT2D eigenvalue weighted by molar-refractivity contribution is 1.07. The molecular weight excluding hydrogens is 246 g/mol. The number of benzene rings is 1. The first-order valence-electron chi connectivity index (χ1n) is 6.45. The van der Waals surface area contributed by atoms with Gasteiger partial charge in [0.1, 0.15) is 0 Å². The number of rotatable bonds is 2. The second-order valence-electron chi connectivity index (χ2n) is 4.82. The molecule has 0 aliphatic rings. The highest BCUT2D eigenvalue weighted by Gasteiger charge is 2.04. The standard InChI is InChI=1S/C17H13N3/c1-12-4-6-19-15(8-12)9-13-2-3-17-16(10-13)14(11-18)5-7-20-17/h2-8,10H,9H2,1H3. The van der Waals surface area contributed by atoms with Crippen molar-refractivity contribution in [1.82, 2.24) is 9.97 Å². The van der Waals surface area contributed by atoms with Gasteiger partial charge in [0.15, 0.2) is 0 Å². The maximum Gasteiger partial charge on any atom is 0.0999 e. The predicted octanol–water partition coefficient (Wildman–Crippen LogP) is 3.40. The van der Waals surface area contributed by atoms with Crippen LogP contribution in [0.25, 0.3) is 10.9 Å². The van der Waals surface area contributed by atoms with Crippen LogP contribution < -0.4 is 0 Å². The van der Waals surface area contributed by atoms with E-state index >= 15 is 0 Å². The molecule has 3 heteroatoms. The molecule has 96 valence electrons. The Bertz CT molecular complexity index is 816. The Morgan fingerprint density at radius 2 is 1.90 bits per heavy atom. The molecule has 20 heavy (non-hydrogen) atoms. The van der Waals surface area contributed by atoms with Crippen LogP contribution in [0.5, 0.6) is 0 Å². The Labute approximate surface area is 117 Å².